The lowest BCUT2D eigenvalue weighted by Crippen LogP contribution is -2.20. The van der Waals surface area contributed by atoms with Gasteiger partial charge in [0.2, 0.25) is 0 Å². The van der Waals surface area contributed by atoms with Crippen molar-refractivity contribution in [3.63, 3.8) is 0 Å². The Morgan fingerprint density at radius 2 is 1.81 bits per heavy atom. The lowest BCUT2D eigenvalue weighted by atomic mass is 9.98. The highest BCUT2D eigenvalue weighted by Crippen LogP contribution is 2.31. The van der Waals surface area contributed by atoms with E-state index < -0.39 is 0 Å². The molecule has 0 fully saturated rings. The second-order valence-electron chi connectivity index (χ2n) is 6.92. The van der Waals surface area contributed by atoms with Crippen LogP contribution in [0.3, 0.4) is 0 Å². The van der Waals surface area contributed by atoms with Crippen LogP contribution >= 0.6 is 0 Å². The van der Waals surface area contributed by atoms with Gasteiger partial charge >= 0.3 is 0 Å². The number of ether oxygens (including phenoxy) is 1. The Morgan fingerprint density at radius 3 is 2.56 bits per heavy atom. The molecular weight excluding hydrogens is 334 g/mol. The number of nitrogens with one attached hydrogen (secondary N) is 1. The molecule has 0 saturated carbocycles. The van der Waals surface area contributed by atoms with Crippen molar-refractivity contribution in [2.75, 3.05) is 26.2 Å². The van der Waals surface area contributed by atoms with E-state index in [-0.39, 0.29) is 0 Å². The standard InChI is InChI=1S/C23H25N3O/c1-16-3-5-17(6-4-16)18-7-8-19-15-22(27-12-2-9-24)21(14-20(19)13-18)23-25-10-11-26-23/h3-8,13-15H,2,9-12,24H2,1H3,(H,25,26). The van der Waals surface area contributed by atoms with Crippen molar-refractivity contribution in [3.8, 4) is 16.9 Å². The Morgan fingerprint density at radius 1 is 1.00 bits per heavy atom. The van der Waals surface area contributed by atoms with Crippen LogP contribution in [0.5, 0.6) is 5.75 Å². The number of hydrogen-bond donors (Lipinski definition) is 2. The van der Waals surface area contributed by atoms with Crippen molar-refractivity contribution in [3.05, 3.63) is 65.7 Å². The fourth-order valence-corrected chi connectivity index (χ4v) is 3.35. The zero-order valence-electron chi connectivity index (χ0n) is 15.7. The molecule has 27 heavy (non-hydrogen) atoms. The minimum Gasteiger partial charge on any atom is -0.493 e. The molecule has 3 aromatic rings. The van der Waals surface area contributed by atoms with Gasteiger partial charge in [0, 0.05) is 6.54 Å². The Hall–Kier alpha value is -2.85. The predicted octanol–water partition coefficient (Wildman–Crippen LogP) is 3.89. The summed E-state index contributed by atoms with van der Waals surface area (Å²) in [6.45, 7) is 5.03. The number of amidine groups is 1. The average Bonchev–Trinajstić information content (AvgIpc) is 3.22. The van der Waals surface area contributed by atoms with Crippen LogP contribution in [-0.2, 0) is 0 Å². The van der Waals surface area contributed by atoms with Crippen LogP contribution in [0.1, 0.15) is 17.5 Å². The highest BCUT2D eigenvalue weighted by atomic mass is 16.5. The quantitative estimate of drug-likeness (QED) is 0.657. The fraction of sp³-hybridized carbons (Fsp3) is 0.261. The maximum absolute atomic E-state index is 6.03. The number of hydrogen-bond acceptors (Lipinski definition) is 4. The van der Waals surface area contributed by atoms with Gasteiger partial charge in [0.1, 0.15) is 11.6 Å². The summed E-state index contributed by atoms with van der Waals surface area (Å²) in [5.74, 6) is 1.78. The Labute approximate surface area is 160 Å². The smallest absolute Gasteiger partial charge is 0.132 e. The Bertz CT molecular complexity index is 977. The number of fused-ring (bicyclic) bond motifs is 1. The van der Waals surface area contributed by atoms with E-state index in [0.29, 0.717) is 13.2 Å². The third-order valence-corrected chi connectivity index (χ3v) is 4.86. The van der Waals surface area contributed by atoms with Gasteiger partial charge in [-0.05, 0) is 60.0 Å². The maximum atomic E-state index is 6.03. The summed E-state index contributed by atoms with van der Waals surface area (Å²) in [5, 5.41) is 5.71. The summed E-state index contributed by atoms with van der Waals surface area (Å²) in [6, 6.07) is 19.5. The molecule has 0 aromatic heterocycles. The number of benzene rings is 3. The van der Waals surface area contributed by atoms with Gasteiger partial charge in [0.15, 0.2) is 0 Å². The van der Waals surface area contributed by atoms with Gasteiger partial charge in [0.25, 0.3) is 0 Å². The molecule has 0 unspecified atom stereocenters. The van der Waals surface area contributed by atoms with Crippen LogP contribution in [0, 0.1) is 6.92 Å². The normalized spacial score (nSPS) is 13.5. The fourth-order valence-electron chi connectivity index (χ4n) is 3.35. The summed E-state index contributed by atoms with van der Waals surface area (Å²) in [4.78, 5) is 4.59. The topological polar surface area (TPSA) is 59.6 Å². The molecule has 0 radical (unpaired) electrons. The third-order valence-electron chi connectivity index (χ3n) is 4.86. The molecule has 1 heterocycles. The first kappa shape index (κ1) is 17.6. The highest BCUT2D eigenvalue weighted by molar-refractivity contribution is 6.06. The summed E-state index contributed by atoms with van der Waals surface area (Å²) >= 11 is 0. The Balaban J connectivity index is 1.76. The van der Waals surface area contributed by atoms with E-state index >= 15 is 0 Å². The van der Waals surface area contributed by atoms with Crippen molar-refractivity contribution < 1.29 is 4.74 Å². The first-order chi connectivity index (χ1) is 13.2. The van der Waals surface area contributed by atoms with E-state index in [1.165, 1.54) is 22.1 Å². The van der Waals surface area contributed by atoms with Gasteiger partial charge in [0.05, 0.1) is 18.7 Å². The second kappa shape index (κ2) is 7.80. The lowest BCUT2D eigenvalue weighted by Gasteiger charge is -2.14. The van der Waals surface area contributed by atoms with Crippen LogP contribution in [-0.4, -0.2) is 32.1 Å². The van der Waals surface area contributed by atoms with Crippen LogP contribution in [0.25, 0.3) is 21.9 Å². The molecule has 4 rings (SSSR count). The van der Waals surface area contributed by atoms with Crippen LogP contribution in [0.2, 0.25) is 0 Å². The van der Waals surface area contributed by atoms with Gasteiger partial charge in [-0.2, -0.15) is 0 Å². The predicted molar refractivity (Wildman–Crippen MR) is 113 cm³/mol. The van der Waals surface area contributed by atoms with Gasteiger partial charge < -0.3 is 15.8 Å². The molecule has 0 saturated heterocycles. The van der Waals surface area contributed by atoms with Crippen LogP contribution < -0.4 is 15.8 Å². The first-order valence-corrected chi connectivity index (χ1v) is 9.51. The third kappa shape index (κ3) is 3.81. The van der Waals surface area contributed by atoms with E-state index in [1.54, 1.807) is 0 Å². The van der Waals surface area contributed by atoms with E-state index in [4.69, 9.17) is 10.5 Å². The summed E-state index contributed by atoms with van der Waals surface area (Å²) in [7, 11) is 0. The first-order valence-electron chi connectivity index (χ1n) is 9.51. The number of aryl methyl sites for hydroxylation is 1. The van der Waals surface area contributed by atoms with Gasteiger partial charge in [-0.1, -0.05) is 42.0 Å². The molecule has 0 bridgehead atoms. The molecule has 0 amide bonds. The zero-order valence-corrected chi connectivity index (χ0v) is 15.7. The van der Waals surface area contributed by atoms with Gasteiger partial charge in [-0.25, -0.2) is 0 Å². The lowest BCUT2D eigenvalue weighted by molar-refractivity contribution is 0.313. The van der Waals surface area contributed by atoms with E-state index in [9.17, 15) is 0 Å². The molecule has 1 aliphatic heterocycles. The molecule has 138 valence electrons. The molecule has 0 spiro atoms. The van der Waals surface area contributed by atoms with Gasteiger partial charge in [-0.15, -0.1) is 0 Å². The SMILES string of the molecule is Cc1ccc(-c2ccc3cc(OCCCN)c(C4=NCCN4)cc3c2)cc1. The van der Waals surface area contributed by atoms with Crippen LogP contribution in [0.4, 0.5) is 0 Å². The summed E-state index contributed by atoms with van der Waals surface area (Å²) in [5.41, 5.74) is 10.3. The van der Waals surface area contributed by atoms with Crippen molar-refractivity contribution in [1.29, 1.82) is 0 Å². The van der Waals surface area contributed by atoms with Crippen LogP contribution in [0.15, 0.2) is 59.6 Å². The molecule has 1 aliphatic rings. The molecule has 4 nitrogen and oxygen atoms in total. The van der Waals surface area contributed by atoms with Crippen molar-refractivity contribution in [2.24, 2.45) is 10.7 Å². The van der Waals surface area contributed by atoms with E-state index in [0.717, 1.165) is 42.0 Å². The maximum Gasteiger partial charge on any atom is 0.132 e. The molecular formula is C23H25N3O. The van der Waals surface area contributed by atoms with Crippen molar-refractivity contribution >= 4 is 16.6 Å². The second-order valence-corrected chi connectivity index (χ2v) is 6.92. The zero-order chi connectivity index (χ0) is 18.6. The Kier molecular flexibility index (Phi) is 5.07. The molecule has 0 aliphatic carbocycles. The minimum atomic E-state index is 0.615. The number of rotatable bonds is 6. The van der Waals surface area contributed by atoms with E-state index in [2.05, 4.69) is 71.8 Å². The molecule has 0 atom stereocenters. The van der Waals surface area contributed by atoms with Crippen molar-refractivity contribution in [1.82, 2.24) is 5.32 Å². The minimum absolute atomic E-state index is 0.615. The number of nitrogens with two attached hydrogens (primary N) is 1. The summed E-state index contributed by atoms with van der Waals surface area (Å²) < 4.78 is 6.03. The monoisotopic (exact) mass is 359 g/mol. The number of aliphatic imine (C=N–C) groups is 1. The van der Waals surface area contributed by atoms with Crippen molar-refractivity contribution in [2.45, 2.75) is 13.3 Å². The molecule has 3 N–H and O–H groups in total. The summed E-state index contributed by atoms with van der Waals surface area (Å²) in [6.07, 6.45) is 0.837. The van der Waals surface area contributed by atoms with Gasteiger partial charge in [-0.3, -0.25) is 4.99 Å². The highest BCUT2D eigenvalue weighted by Gasteiger charge is 2.15. The molecule has 3 aromatic carbocycles. The average molecular weight is 359 g/mol. The largest absolute Gasteiger partial charge is 0.493 e. The molecule has 4 heteroatoms. The van der Waals surface area contributed by atoms with E-state index in [1.807, 2.05) is 0 Å². The number of nitrogens with zero attached hydrogens (tertiary/aromatic N) is 1.